The van der Waals surface area contributed by atoms with Gasteiger partial charge in [-0.3, -0.25) is 0 Å². The first-order chi connectivity index (χ1) is 7.33. The van der Waals surface area contributed by atoms with Crippen LogP contribution in [-0.4, -0.2) is 6.36 Å². The van der Waals surface area contributed by atoms with Crippen LogP contribution in [0.3, 0.4) is 0 Å². The highest BCUT2D eigenvalue weighted by Gasteiger charge is 2.32. The Balaban J connectivity index is 2.96. The van der Waals surface area contributed by atoms with Gasteiger partial charge in [-0.15, -0.1) is 19.8 Å². The number of hydrogen-bond acceptors (Lipinski definition) is 1. The average Bonchev–Trinajstić information content (AvgIpc) is 2.18. The van der Waals surface area contributed by atoms with Gasteiger partial charge in [0.1, 0.15) is 5.75 Å². The summed E-state index contributed by atoms with van der Waals surface area (Å²) in [5.41, 5.74) is 0.675. The van der Waals surface area contributed by atoms with Crippen LogP contribution in [0.15, 0.2) is 30.9 Å². The van der Waals surface area contributed by atoms with Gasteiger partial charge in [0.2, 0.25) is 0 Å². The smallest absolute Gasteiger partial charge is 0.404 e. The predicted octanol–water partition coefficient (Wildman–Crippen LogP) is 4.34. The fourth-order valence-electron chi connectivity index (χ4n) is 1.09. The third-order valence-corrected chi connectivity index (χ3v) is 2.19. The summed E-state index contributed by atoms with van der Waals surface area (Å²) in [6.45, 7) is 7.26. The summed E-state index contributed by atoms with van der Waals surface area (Å²) in [6.07, 6.45) is -3.18. The molecule has 0 saturated carbocycles. The minimum absolute atomic E-state index is 0.106. The van der Waals surface area contributed by atoms with Crippen molar-refractivity contribution in [1.29, 1.82) is 0 Å². The fourth-order valence-corrected chi connectivity index (χ4v) is 1.32. The van der Waals surface area contributed by atoms with Gasteiger partial charge in [-0.25, -0.2) is 0 Å². The largest absolute Gasteiger partial charge is 0.573 e. The molecule has 1 aromatic carbocycles. The zero-order valence-corrected chi connectivity index (χ0v) is 8.98. The standard InChI is InChI=1S/C11H9ClF3O/c1-3-7(2)8-4-5-10(9(12)6-8)16-11(13,14)15/h3-7H,1-2H2. The van der Waals surface area contributed by atoms with Gasteiger partial charge in [0, 0.05) is 5.92 Å². The molecule has 0 aliphatic heterocycles. The maximum Gasteiger partial charge on any atom is 0.573 e. The van der Waals surface area contributed by atoms with Gasteiger partial charge < -0.3 is 4.74 Å². The van der Waals surface area contributed by atoms with Crippen molar-refractivity contribution in [3.8, 4) is 5.75 Å². The Morgan fingerprint density at radius 3 is 2.44 bits per heavy atom. The normalized spacial score (nSPS) is 13.3. The molecule has 0 bridgehead atoms. The molecular formula is C11H9ClF3O. The van der Waals surface area contributed by atoms with Crippen molar-refractivity contribution >= 4 is 11.6 Å². The van der Waals surface area contributed by atoms with Crippen LogP contribution >= 0.6 is 11.6 Å². The number of benzene rings is 1. The number of rotatable bonds is 3. The quantitative estimate of drug-likeness (QED) is 0.724. The summed E-state index contributed by atoms with van der Waals surface area (Å²) in [5, 5.41) is -0.106. The maximum absolute atomic E-state index is 11.9. The molecule has 1 aromatic rings. The molecule has 1 atom stereocenters. The van der Waals surface area contributed by atoms with Crippen molar-refractivity contribution in [2.75, 3.05) is 0 Å². The fraction of sp³-hybridized carbons (Fsp3) is 0.182. The Labute approximate surface area is 96.5 Å². The summed E-state index contributed by atoms with van der Waals surface area (Å²) >= 11 is 5.65. The number of halogens is 4. The van der Waals surface area contributed by atoms with E-state index in [2.05, 4.69) is 18.2 Å². The minimum atomic E-state index is -4.74. The van der Waals surface area contributed by atoms with Crippen molar-refractivity contribution in [2.24, 2.45) is 0 Å². The molecule has 1 radical (unpaired) electrons. The number of ether oxygens (including phenoxy) is 1. The summed E-state index contributed by atoms with van der Waals surface area (Å²) in [7, 11) is 0. The number of hydrogen-bond donors (Lipinski definition) is 0. The van der Waals surface area contributed by atoms with Crippen LogP contribution in [-0.2, 0) is 0 Å². The zero-order valence-electron chi connectivity index (χ0n) is 8.22. The van der Waals surface area contributed by atoms with Gasteiger partial charge in [0.15, 0.2) is 0 Å². The number of allylic oxidation sites excluding steroid dienone is 1. The van der Waals surface area contributed by atoms with Crippen LogP contribution in [0.5, 0.6) is 5.75 Å². The van der Waals surface area contributed by atoms with Gasteiger partial charge in [0.05, 0.1) is 5.02 Å². The van der Waals surface area contributed by atoms with Crippen LogP contribution < -0.4 is 4.74 Å². The van der Waals surface area contributed by atoms with Crippen molar-refractivity contribution in [3.05, 3.63) is 48.4 Å². The molecular weight excluding hydrogens is 241 g/mol. The average molecular weight is 250 g/mol. The lowest BCUT2D eigenvalue weighted by molar-refractivity contribution is -0.274. The Bertz CT molecular complexity index is 387. The lowest BCUT2D eigenvalue weighted by Gasteiger charge is -2.12. The van der Waals surface area contributed by atoms with Crippen LogP contribution in [0.4, 0.5) is 13.2 Å². The molecule has 1 rings (SSSR count). The topological polar surface area (TPSA) is 9.23 Å². The predicted molar refractivity (Wildman–Crippen MR) is 56.4 cm³/mol. The van der Waals surface area contributed by atoms with Gasteiger partial charge >= 0.3 is 6.36 Å². The van der Waals surface area contributed by atoms with Crippen molar-refractivity contribution in [3.63, 3.8) is 0 Å². The Morgan fingerprint density at radius 1 is 1.38 bits per heavy atom. The van der Waals surface area contributed by atoms with E-state index in [9.17, 15) is 13.2 Å². The molecule has 5 heteroatoms. The molecule has 16 heavy (non-hydrogen) atoms. The van der Waals surface area contributed by atoms with Crippen LogP contribution in [0.25, 0.3) is 0 Å². The molecule has 0 heterocycles. The van der Waals surface area contributed by atoms with Crippen molar-refractivity contribution < 1.29 is 17.9 Å². The molecule has 0 spiro atoms. The Kier molecular flexibility index (Phi) is 3.86. The first-order valence-electron chi connectivity index (χ1n) is 4.34. The number of alkyl halides is 3. The van der Waals surface area contributed by atoms with E-state index in [0.717, 1.165) is 6.07 Å². The molecule has 0 saturated heterocycles. The molecule has 0 amide bonds. The summed E-state index contributed by atoms with van der Waals surface area (Å²) in [4.78, 5) is 0. The SMILES string of the molecule is [CH2]C(C=C)c1ccc(OC(F)(F)F)c(Cl)c1. The first kappa shape index (κ1) is 12.9. The molecule has 0 fully saturated rings. The second kappa shape index (κ2) is 4.78. The van der Waals surface area contributed by atoms with Gasteiger partial charge in [-0.05, 0) is 24.6 Å². The van der Waals surface area contributed by atoms with E-state index >= 15 is 0 Å². The molecule has 0 aliphatic carbocycles. The van der Waals surface area contributed by atoms with Gasteiger partial charge in [-0.2, -0.15) is 0 Å². The van der Waals surface area contributed by atoms with Crippen LogP contribution in [0.2, 0.25) is 5.02 Å². The molecule has 1 nitrogen and oxygen atoms in total. The van der Waals surface area contributed by atoms with Crippen LogP contribution in [0.1, 0.15) is 11.5 Å². The highest BCUT2D eigenvalue weighted by atomic mass is 35.5. The van der Waals surface area contributed by atoms with E-state index in [-0.39, 0.29) is 10.9 Å². The Morgan fingerprint density at radius 2 is 2.00 bits per heavy atom. The van der Waals surface area contributed by atoms with Crippen LogP contribution in [0, 0.1) is 6.92 Å². The second-order valence-corrected chi connectivity index (χ2v) is 3.49. The van der Waals surface area contributed by atoms with E-state index in [4.69, 9.17) is 11.6 Å². The molecule has 1 unspecified atom stereocenters. The second-order valence-electron chi connectivity index (χ2n) is 3.08. The molecule has 0 aliphatic rings. The minimum Gasteiger partial charge on any atom is -0.404 e. The monoisotopic (exact) mass is 249 g/mol. The summed E-state index contributed by atoms with van der Waals surface area (Å²) in [5.74, 6) is -0.647. The lowest BCUT2D eigenvalue weighted by atomic mass is 10.0. The van der Waals surface area contributed by atoms with Gasteiger partial charge in [0.25, 0.3) is 0 Å². The van der Waals surface area contributed by atoms with Crippen molar-refractivity contribution in [2.45, 2.75) is 12.3 Å². The highest BCUT2D eigenvalue weighted by Crippen LogP contribution is 2.32. The third-order valence-electron chi connectivity index (χ3n) is 1.89. The lowest BCUT2D eigenvalue weighted by Crippen LogP contribution is -2.17. The molecule has 0 aromatic heterocycles. The van der Waals surface area contributed by atoms with E-state index < -0.39 is 12.1 Å². The molecule has 87 valence electrons. The van der Waals surface area contributed by atoms with Crippen molar-refractivity contribution in [1.82, 2.24) is 0 Å². The highest BCUT2D eigenvalue weighted by molar-refractivity contribution is 6.32. The van der Waals surface area contributed by atoms with E-state index in [0.29, 0.717) is 5.56 Å². The van der Waals surface area contributed by atoms with E-state index in [1.807, 2.05) is 0 Å². The summed E-state index contributed by atoms with van der Waals surface area (Å²) < 4.78 is 39.5. The van der Waals surface area contributed by atoms with E-state index in [1.165, 1.54) is 12.1 Å². The Hall–Kier alpha value is -1.16. The first-order valence-corrected chi connectivity index (χ1v) is 4.72. The van der Waals surface area contributed by atoms with Gasteiger partial charge in [-0.1, -0.05) is 23.7 Å². The maximum atomic E-state index is 11.9. The third kappa shape index (κ3) is 3.45. The molecule has 0 N–H and O–H groups in total. The summed E-state index contributed by atoms with van der Waals surface area (Å²) in [6, 6.07) is 4.00. The van der Waals surface area contributed by atoms with E-state index in [1.54, 1.807) is 6.08 Å². The zero-order chi connectivity index (χ0) is 12.3.